The van der Waals surface area contributed by atoms with E-state index in [0.717, 1.165) is 23.1 Å². The van der Waals surface area contributed by atoms with Gasteiger partial charge in [-0.3, -0.25) is 9.36 Å². The molecule has 3 N–H and O–H groups in total. The van der Waals surface area contributed by atoms with Crippen LogP contribution in [-0.2, 0) is 0 Å². The summed E-state index contributed by atoms with van der Waals surface area (Å²) in [6, 6.07) is 5.93. The van der Waals surface area contributed by atoms with Crippen molar-refractivity contribution < 1.29 is 9.18 Å². The lowest BCUT2D eigenvalue weighted by atomic mass is 10.3. The first-order valence-corrected chi connectivity index (χ1v) is 6.26. The summed E-state index contributed by atoms with van der Waals surface area (Å²) in [5.74, 6) is -0.315. The van der Waals surface area contributed by atoms with Crippen LogP contribution < -0.4 is 5.73 Å². The van der Waals surface area contributed by atoms with E-state index in [1.54, 1.807) is 23.6 Å². The van der Waals surface area contributed by atoms with Gasteiger partial charge in [0.05, 0.1) is 5.69 Å². The Morgan fingerprint density at radius 2 is 2.06 bits per heavy atom. The van der Waals surface area contributed by atoms with E-state index < -0.39 is 5.24 Å². The van der Waals surface area contributed by atoms with Crippen molar-refractivity contribution in [1.82, 2.24) is 9.55 Å². The first-order chi connectivity index (χ1) is 8.49. The molecule has 0 saturated heterocycles. The third-order valence-electron chi connectivity index (χ3n) is 2.38. The number of amides is 1. The van der Waals surface area contributed by atoms with Crippen molar-refractivity contribution in [2.75, 3.05) is 0 Å². The zero-order valence-electron chi connectivity index (χ0n) is 9.44. The molecular weight excluding hydrogens is 273 g/mol. The molecule has 2 rings (SSSR count). The molecule has 1 aromatic carbocycles. The fourth-order valence-corrected chi connectivity index (χ4v) is 2.60. The van der Waals surface area contributed by atoms with Gasteiger partial charge in [-0.1, -0.05) is 0 Å². The molecule has 0 radical (unpaired) electrons. The normalized spacial score (nSPS) is 10.6. The zero-order chi connectivity index (χ0) is 13.3. The average molecular weight is 283 g/mol. The molecule has 2 aromatic rings. The molecule has 1 amide bonds. The van der Waals surface area contributed by atoms with Crippen molar-refractivity contribution in [3.05, 3.63) is 40.5 Å². The quantitative estimate of drug-likeness (QED) is 0.657. The van der Waals surface area contributed by atoms with Crippen LogP contribution in [0.1, 0.15) is 5.69 Å². The molecule has 0 spiro atoms. The number of hydrogen-bond acceptors (Lipinski definition) is 3. The van der Waals surface area contributed by atoms with Crippen LogP contribution in [-0.4, -0.2) is 14.8 Å². The lowest BCUT2D eigenvalue weighted by molar-refractivity contribution is 0.267. The van der Waals surface area contributed by atoms with E-state index in [2.05, 4.69) is 4.98 Å². The van der Waals surface area contributed by atoms with Crippen molar-refractivity contribution in [1.29, 1.82) is 0 Å². The first-order valence-electron chi connectivity index (χ1n) is 5.04. The monoisotopic (exact) mass is 283 g/mol. The number of thioether (sulfide) groups is 1. The molecule has 0 aliphatic heterocycles. The maximum atomic E-state index is 12.9. The molecule has 0 saturated carbocycles. The number of hydrogen-bond donors (Lipinski definition) is 2. The Morgan fingerprint density at radius 3 is 2.61 bits per heavy atom. The number of carbonyl (C=O) groups is 1. The number of halogens is 1. The van der Waals surface area contributed by atoms with Crippen molar-refractivity contribution >= 4 is 29.2 Å². The minimum absolute atomic E-state index is 0.315. The van der Waals surface area contributed by atoms with Crippen molar-refractivity contribution in [2.24, 2.45) is 5.73 Å². The number of nitrogens with one attached hydrogen (secondary N) is 1. The van der Waals surface area contributed by atoms with E-state index in [-0.39, 0.29) is 5.82 Å². The summed E-state index contributed by atoms with van der Waals surface area (Å²) in [5.41, 5.74) is 6.61. The summed E-state index contributed by atoms with van der Waals surface area (Å²) < 4.78 is 15.0. The van der Waals surface area contributed by atoms with Gasteiger partial charge >= 0.3 is 0 Å². The zero-order valence-corrected chi connectivity index (χ0v) is 11.1. The highest BCUT2D eigenvalue weighted by Gasteiger charge is 2.12. The average Bonchev–Trinajstić information content (AvgIpc) is 2.55. The highest BCUT2D eigenvalue weighted by atomic mass is 32.2. The number of H-pyrrole nitrogens is 1. The number of aromatic nitrogens is 2. The van der Waals surface area contributed by atoms with Crippen LogP contribution in [0, 0.1) is 17.5 Å². The number of carbonyl (C=O) groups excluding carboxylic acids is 1. The van der Waals surface area contributed by atoms with Crippen LogP contribution in [0.15, 0.2) is 29.3 Å². The van der Waals surface area contributed by atoms with Crippen molar-refractivity contribution in [2.45, 2.75) is 11.9 Å². The van der Waals surface area contributed by atoms with Crippen LogP contribution in [0.25, 0.3) is 5.69 Å². The maximum absolute atomic E-state index is 12.9. The first kappa shape index (κ1) is 12.8. The summed E-state index contributed by atoms with van der Waals surface area (Å²) in [7, 11) is 0. The summed E-state index contributed by atoms with van der Waals surface area (Å²) in [4.78, 5) is 13.8. The second-order valence-electron chi connectivity index (χ2n) is 3.58. The number of primary amides is 1. The smallest absolute Gasteiger partial charge is 0.282 e. The van der Waals surface area contributed by atoms with Crippen molar-refractivity contribution in [3.8, 4) is 5.69 Å². The molecule has 0 unspecified atom stereocenters. The second kappa shape index (κ2) is 4.95. The second-order valence-corrected chi connectivity index (χ2v) is 4.98. The lowest BCUT2D eigenvalue weighted by Gasteiger charge is -2.05. The Kier molecular flexibility index (Phi) is 3.53. The number of imidazole rings is 1. The fourth-order valence-electron chi connectivity index (χ4n) is 1.60. The highest BCUT2D eigenvalue weighted by Crippen LogP contribution is 2.24. The van der Waals surface area contributed by atoms with Crippen LogP contribution in [0.5, 0.6) is 0 Å². The third kappa shape index (κ3) is 2.46. The Balaban J connectivity index is 2.51. The van der Waals surface area contributed by atoms with Crippen LogP contribution in [0.4, 0.5) is 9.18 Å². The van der Waals surface area contributed by atoms with E-state index >= 15 is 0 Å². The van der Waals surface area contributed by atoms with E-state index in [0.29, 0.717) is 9.80 Å². The van der Waals surface area contributed by atoms with Gasteiger partial charge in [0.1, 0.15) is 10.8 Å². The molecule has 0 atom stereocenters. The largest absolute Gasteiger partial charge is 0.360 e. The fraction of sp³-hybridized carbons (Fsp3) is 0.0909. The molecule has 0 bridgehead atoms. The van der Waals surface area contributed by atoms with Gasteiger partial charge in [0.25, 0.3) is 5.24 Å². The highest BCUT2D eigenvalue weighted by molar-refractivity contribution is 8.13. The number of nitrogens with zero attached hydrogens (tertiary/aromatic N) is 1. The van der Waals surface area contributed by atoms with E-state index in [4.69, 9.17) is 18.0 Å². The summed E-state index contributed by atoms with van der Waals surface area (Å²) in [6.07, 6.45) is 0. The summed E-state index contributed by atoms with van der Waals surface area (Å²) >= 11 is 6.06. The standard InChI is InChI=1S/C11H10FN3OS2/c1-6-9(18-10(13)16)14-11(17)15(6)8-4-2-7(12)3-5-8/h2-5H,1H3,(H2,13,16)(H,14,17). The van der Waals surface area contributed by atoms with Gasteiger partial charge in [0.15, 0.2) is 4.77 Å². The van der Waals surface area contributed by atoms with Crippen molar-refractivity contribution in [3.63, 3.8) is 0 Å². The molecule has 7 heteroatoms. The van der Waals surface area contributed by atoms with E-state index in [9.17, 15) is 9.18 Å². The molecule has 0 aliphatic carbocycles. The van der Waals surface area contributed by atoms with Gasteiger partial charge in [-0.05, 0) is 55.2 Å². The number of rotatable bonds is 2. The molecule has 94 valence electrons. The molecule has 1 heterocycles. The number of aromatic amines is 1. The molecule has 0 aliphatic rings. The van der Waals surface area contributed by atoms with Gasteiger partial charge in [-0.25, -0.2) is 4.39 Å². The van der Waals surface area contributed by atoms with Crippen LogP contribution in [0.2, 0.25) is 0 Å². The SMILES string of the molecule is Cc1c(SC(N)=O)[nH]c(=S)n1-c1ccc(F)cc1. The van der Waals surface area contributed by atoms with E-state index in [1.807, 2.05) is 0 Å². The molecule has 1 aromatic heterocycles. The van der Waals surface area contributed by atoms with Crippen LogP contribution >= 0.6 is 24.0 Å². The van der Waals surface area contributed by atoms with E-state index in [1.165, 1.54) is 12.1 Å². The topological polar surface area (TPSA) is 63.8 Å². The summed E-state index contributed by atoms with van der Waals surface area (Å²) in [5, 5.41) is 0.0810. The molecule has 4 nitrogen and oxygen atoms in total. The predicted molar refractivity (Wildman–Crippen MR) is 71.1 cm³/mol. The van der Waals surface area contributed by atoms with Crippen LogP contribution in [0.3, 0.4) is 0 Å². The van der Waals surface area contributed by atoms with Gasteiger partial charge in [-0.2, -0.15) is 0 Å². The Hall–Kier alpha value is -1.60. The van der Waals surface area contributed by atoms with Gasteiger partial charge in [0, 0.05) is 5.69 Å². The lowest BCUT2D eigenvalue weighted by Crippen LogP contribution is -2.02. The van der Waals surface area contributed by atoms with Gasteiger partial charge < -0.3 is 10.7 Å². The maximum Gasteiger partial charge on any atom is 0.282 e. The minimum Gasteiger partial charge on any atom is -0.360 e. The number of benzene rings is 1. The Morgan fingerprint density at radius 1 is 1.44 bits per heavy atom. The Labute approximate surface area is 112 Å². The molecular formula is C11H10FN3OS2. The number of nitrogens with two attached hydrogens (primary N) is 1. The molecule has 0 fully saturated rings. The third-order valence-corrected chi connectivity index (χ3v) is 3.46. The Bertz CT molecular complexity index is 645. The van der Waals surface area contributed by atoms with Gasteiger partial charge in [0.2, 0.25) is 0 Å². The summed E-state index contributed by atoms with van der Waals surface area (Å²) in [6.45, 7) is 1.81. The van der Waals surface area contributed by atoms with Gasteiger partial charge in [-0.15, -0.1) is 0 Å². The molecule has 18 heavy (non-hydrogen) atoms. The predicted octanol–water partition coefficient (Wildman–Crippen LogP) is 3.15. The minimum atomic E-state index is -0.513.